The Bertz CT molecular complexity index is 3310. The number of nitrogens with zero attached hydrogens (tertiary/aromatic N) is 1. The third-order valence-corrected chi connectivity index (χ3v) is 15.0. The summed E-state index contributed by atoms with van der Waals surface area (Å²) in [5.74, 6) is 0. The molecule has 12 rings (SSSR count). The van der Waals surface area contributed by atoms with Gasteiger partial charge in [-0.2, -0.15) is 0 Å². The average Bonchev–Trinajstić information content (AvgIpc) is 3.83. The molecule has 1 unspecified atom stereocenters. The molecule has 0 fully saturated rings. The molecule has 0 aliphatic heterocycles. The largest absolute Gasteiger partial charge is 0.309 e. The van der Waals surface area contributed by atoms with Gasteiger partial charge in [0.15, 0.2) is 0 Å². The lowest BCUT2D eigenvalue weighted by Gasteiger charge is -2.33. The normalized spacial score (nSPS) is 16.7. The molecule has 0 saturated carbocycles. The van der Waals surface area contributed by atoms with Crippen LogP contribution < -0.4 is 4.90 Å². The molecule has 0 bridgehead atoms. The summed E-state index contributed by atoms with van der Waals surface area (Å²) in [5.41, 5.74) is 25.1. The SMILES string of the molecule is CC1(C)c2ccccc2-c2ccc(-c3ccccc3N(c3ccc4c(c3)C(C)(c3ccccc3)c3ccccc3-4)c3ccccc3-c3cccc4c3-c3ccccc3C4(C)C)cc21. The Hall–Kier alpha value is -7.22. The van der Waals surface area contributed by atoms with Crippen molar-refractivity contribution < 1.29 is 0 Å². The number of rotatable bonds is 6. The van der Waals surface area contributed by atoms with Crippen LogP contribution in [0.2, 0.25) is 0 Å². The fourth-order valence-electron chi connectivity index (χ4n) is 11.8. The summed E-state index contributed by atoms with van der Waals surface area (Å²) in [6.07, 6.45) is 0. The van der Waals surface area contributed by atoms with Crippen molar-refractivity contribution in [2.45, 2.75) is 50.9 Å². The number of hydrogen-bond acceptors (Lipinski definition) is 1. The minimum Gasteiger partial charge on any atom is -0.309 e. The zero-order chi connectivity index (χ0) is 42.7. The lowest BCUT2D eigenvalue weighted by molar-refractivity contribution is 0.660. The van der Waals surface area contributed by atoms with E-state index in [1.165, 1.54) is 94.6 Å². The highest BCUT2D eigenvalue weighted by atomic mass is 15.1. The van der Waals surface area contributed by atoms with Crippen LogP contribution in [0.5, 0.6) is 0 Å². The van der Waals surface area contributed by atoms with E-state index in [4.69, 9.17) is 0 Å². The predicted molar refractivity (Wildman–Crippen MR) is 265 cm³/mol. The molecule has 9 aromatic carbocycles. The molecule has 3 aliphatic rings. The van der Waals surface area contributed by atoms with Crippen LogP contribution in [0.3, 0.4) is 0 Å². The molecule has 1 heteroatoms. The summed E-state index contributed by atoms with van der Waals surface area (Å²) in [6, 6.07) is 77.5. The van der Waals surface area contributed by atoms with Gasteiger partial charge < -0.3 is 4.90 Å². The molecule has 0 heterocycles. The molecule has 0 aromatic heterocycles. The van der Waals surface area contributed by atoms with E-state index >= 15 is 0 Å². The molecule has 0 N–H and O–H groups in total. The van der Waals surface area contributed by atoms with Gasteiger partial charge in [-0.25, -0.2) is 0 Å². The van der Waals surface area contributed by atoms with Crippen LogP contribution in [0.4, 0.5) is 17.1 Å². The molecule has 302 valence electrons. The van der Waals surface area contributed by atoms with E-state index in [0.717, 1.165) is 17.1 Å². The Labute approximate surface area is 372 Å². The Kier molecular flexibility index (Phi) is 8.13. The summed E-state index contributed by atoms with van der Waals surface area (Å²) >= 11 is 0. The first-order valence-corrected chi connectivity index (χ1v) is 22.4. The van der Waals surface area contributed by atoms with Crippen molar-refractivity contribution in [2.75, 3.05) is 4.90 Å². The van der Waals surface area contributed by atoms with Crippen molar-refractivity contribution in [3.8, 4) is 55.6 Å². The molecular formula is C62H49N. The second-order valence-electron chi connectivity index (χ2n) is 19.0. The van der Waals surface area contributed by atoms with Gasteiger partial charge in [0.05, 0.1) is 11.4 Å². The minimum atomic E-state index is -0.343. The molecule has 1 atom stereocenters. The van der Waals surface area contributed by atoms with Gasteiger partial charge in [0.1, 0.15) is 0 Å². The van der Waals surface area contributed by atoms with Crippen LogP contribution >= 0.6 is 0 Å². The number of fused-ring (bicyclic) bond motifs is 9. The molecule has 9 aromatic rings. The first-order valence-electron chi connectivity index (χ1n) is 22.4. The van der Waals surface area contributed by atoms with Crippen molar-refractivity contribution in [2.24, 2.45) is 0 Å². The molecule has 0 spiro atoms. The van der Waals surface area contributed by atoms with E-state index < -0.39 is 0 Å². The smallest absolute Gasteiger partial charge is 0.0540 e. The fraction of sp³-hybridized carbons (Fsp3) is 0.129. The predicted octanol–water partition coefficient (Wildman–Crippen LogP) is 16.4. The Balaban J connectivity index is 1.12. The summed E-state index contributed by atoms with van der Waals surface area (Å²) in [4.78, 5) is 2.55. The van der Waals surface area contributed by atoms with Crippen LogP contribution in [-0.2, 0) is 16.2 Å². The number of benzene rings is 9. The van der Waals surface area contributed by atoms with E-state index in [-0.39, 0.29) is 16.2 Å². The molecule has 0 saturated heterocycles. The third kappa shape index (κ3) is 5.29. The molecule has 63 heavy (non-hydrogen) atoms. The lowest BCUT2D eigenvalue weighted by Crippen LogP contribution is -2.23. The average molecular weight is 808 g/mol. The quantitative estimate of drug-likeness (QED) is 0.162. The topological polar surface area (TPSA) is 3.24 Å². The van der Waals surface area contributed by atoms with Crippen LogP contribution in [0.1, 0.15) is 73.6 Å². The summed E-state index contributed by atoms with van der Waals surface area (Å²) < 4.78 is 0. The minimum absolute atomic E-state index is 0.110. The molecule has 3 aliphatic carbocycles. The number of anilines is 3. The molecule has 1 nitrogen and oxygen atoms in total. The first-order chi connectivity index (χ1) is 30.7. The Morgan fingerprint density at radius 2 is 0.778 bits per heavy atom. The van der Waals surface area contributed by atoms with E-state index in [1.807, 2.05) is 0 Å². The van der Waals surface area contributed by atoms with Gasteiger partial charge in [-0.1, -0.05) is 204 Å². The third-order valence-electron chi connectivity index (χ3n) is 15.0. The maximum atomic E-state index is 2.55. The fourth-order valence-corrected chi connectivity index (χ4v) is 11.8. The van der Waals surface area contributed by atoms with Gasteiger partial charge in [-0.05, 0) is 121 Å². The highest BCUT2D eigenvalue weighted by molar-refractivity contribution is 6.00. The second-order valence-corrected chi connectivity index (χ2v) is 19.0. The maximum absolute atomic E-state index is 2.55. The zero-order valence-electron chi connectivity index (χ0n) is 36.6. The van der Waals surface area contributed by atoms with Crippen molar-refractivity contribution in [3.05, 3.63) is 245 Å². The standard InChI is InChI=1S/C62H49N/c1-60(2)52-29-15-11-26-50(52)59-49(27-19-31-54(59)60)48-25-13-18-33-58(48)63(42-35-37-47-45-24-10-16-30-53(45)62(5,56(47)39-42)41-20-7-6-8-21-41)57-32-17-12-22-43(57)40-34-36-46-44-23-9-14-28-51(44)61(3,4)55(46)38-40/h6-39H,1-5H3. The maximum Gasteiger partial charge on any atom is 0.0540 e. The number of hydrogen-bond donors (Lipinski definition) is 0. The van der Waals surface area contributed by atoms with Gasteiger partial charge in [0, 0.05) is 33.1 Å². The Morgan fingerprint density at radius 1 is 0.302 bits per heavy atom. The summed E-state index contributed by atoms with van der Waals surface area (Å²) in [7, 11) is 0. The van der Waals surface area contributed by atoms with E-state index in [0.29, 0.717) is 0 Å². The highest BCUT2D eigenvalue weighted by Gasteiger charge is 2.42. The van der Waals surface area contributed by atoms with Crippen molar-refractivity contribution >= 4 is 17.1 Å². The van der Waals surface area contributed by atoms with Crippen LogP contribution in [-0.4, -0.2) is 0 Å². The summed E-state index contributed by atoms with van der Waals surface area (Å²) in [5, 5.41) is 0. The van der Waals surface area contributed by atoms with E-state index in [9.17, 15) is 0 Å². The van der Waals surface area contributed by atoms with Crippen LogP contribution in [0.25, 0.3) is 55.6 Å². The molecular weight excluding hydrogens is 759 g/mol. The van der Waals surface area contributed by atoms with Gasteiger partial charge in [-0.15, -0.1) is 0 Å². The monoisotopic (exact) mass is 807 g/mol. The van der Waals surface area contributed by atoms with E-state index in [2.05, 4.69) is 246 Å². The molecule has 0 radical (unpaired) electrons. The summed E-state index contributed by atoms with van der Waals surface area (Å²) in [6.45, 7) is 11.9. The van der Waals surface area contributed by atoms with Crippen LogP contribution in [0, 0.1) is 0 Å². The van der Waals surface area contributed by atoms with Gasteiger partial charge in [0.25, 0.3) is 0 Å². The first kappa shape index (κ1) is 37.5. The highest BCUT2D eigenvalue weighted by Crippen LogP contribution is 2.57. The Morgan fingerprint density at radius 3 is 1.51 bits per heavy atom. The zero-order valence-corrected chi connectivity index (χ0v) is 36.6. The van der Waals surface area contributed by atoms with Gasteiger partial charge >= 0.3 is 0 Å². The number of para-hydroxylation sites is 2. The molecule has 0 amide bonds. The second kappa shape index (κ2) is 13.6. The van der Waals surface area contributed by atoms with E-state index in [1.54, 1.807) is 0 Å². The van der Waals surface area contributed by atoms with Crippen molar-refractivity contribution in [1.29, 1.82) is 0 Å². The van der Waals surface area contributed by atoms with Crippen LogP contribution in [0.15, 0.2) is 206 Å². The van der Waals surface area contributed by atoms with Crippen molar-refractivity contribution in [3.63, 3.8) is 0 Å². The van der Waals surface area contributed by atoms with Crippen molar-refractivity contribution in [1.82, 2.24) is 0 Å². The van der Waals surface area contributed by atoms with Gasteiger partial charge in [0.2, 0.25) is 0 Å². The lowest BCUT2D eigenvalue weighted by atomic mass is 9.74. The van der Waals surface area contributed by atoms with Gasteiger partial charge in [-0.3, -0.25) is 0 Å².